The highest BCUT2D eigenvalue weighted by Crippen LogP contribution is 2.32. The number of nitrogens with zero attached hydrogens (tertiary/aromatic N) is 1. The van der Waals surface area contributed by atoms with E-state index < -0.39 is 39.7 Å². The number of alkyl halides is 3. The molecule has 2 atom stereocenters. The monoisotopic (exact) mass is 542 g/mol. The van der Waals surface area contributed by atoms with E-state index in [0.717, 1.165) is 44.2 Å². The summed E-state index contributed by atoms with van der Waals surface area (Å²) >= 11 is 0. The lowest BCUT2D eigenvalue weighted by atomic mass is 9.91. The third kappa shape index (κ3) is 9.12. The van der Waals surface area contributed by atoms with Gasteiger partial charge in [0.15, 0.2) is 0 Å². The Hall–Kier alpha value is -2.43. The van der Waals surface area contributed by atoms with Crippen LogP contribution in [0.2, 0.25) is 0 Å². The second kappa shape index (κ2) is 14.5. The lowest BCUT2D eigenvalue weighted by Crippen LogP contribution is -2.44. The minimum absolute atomic E-state index is 0.0672. The SMILES string of the molecule is CCCCCNC(c1ccc(C(F)(F)F)cc1)C(CN(CCCCC)S(=O)(=O)c1ccccc1)C(=O)O. The molecule has 0 aromatic heterocycles. The predicted molar refractivity (Wildman–Crippen MR) is 138 cm³/mol. The number of sulfonamides is 1. The number of carbonyl (C=O) groups is 1. The summed E-state index contributed by atoms with van der Waals surface area (Å²) in [6, 6.07) is 11.3. The molecule has 2 aromatic rings. The summed E-state index contributed by atoms with van der Waals surface area (Å²) in [5.74, 6) is -2.45. The molecule has 0 radical (unpaired) electrons. The smallest absolute Gasteiger partial charge is 0.416 e. The highest BCUT2D eigenvalue weighted by atomic mass is 32.2. The van der Waals surface area contributed by atoms with E-state index in [1.807, 2.05) is 13.8 Å². The largest absolute Gasteiger partial charge is 0.481 e. The Kier molecular flexibility index (Phi) is 12.1. The van der Waals surface area contributed by atoms with Gasteiger partial charge in [-0.2, -0.15) is 17.5 Å². The zero-order chi connectivity index (χ0) is 27.5. The molecule has 0 spiro atoms. The molecule has 6 nitrogen and oxygen atoms in total. The van der Waals surface area contributed by atoms with E-state index in [0.29, 0.717) is 18.5 Å². The summed E-state index contributed by atoms with van der Waals surface area (Å²) < 4.78 is 67.5. The molecule has 2 N–H and O–H groups in total. The summed E-state index contributed by atoms with van der Waals surface area (Å²) in [4.78, 5) is 12.6. The lowest BCUT2D eigenvalue weighted by Gasteiger charge is -2.31. The molecule has 0 saturated heterocycles. The van der Waals surface area contributed by atoms with Gasteiger partial charge in [-0.3, -0.25) is 4.79 Å². The third-order valence-electron chi connectivity index (χ3n) is 6.25. The van der Waals surface area contributed by atoms with Gasteiger partial charge in [-0.15, -0.1) is 0 Å². The molecule has 0 aliphatic heterocycles. The molecule has 0 amide bonds. The Bertz CT molecular complexity index is 1060. The van der Waals surface area contributed by atoms with Crippen molar-refractivity contribution in [3.63, 3.8) is 0 Å². The van der Waals surface area contributed by atoms with Gasteiger partial charge in [0.25, 0.3) is 0 Å². The van der Waals surface area contributed by atoms with Gasteiger partial charge in [-0.05, 0) is 49.2 Å². The van der Waals surface area contributed by atoms with Crippen molar-refractivity contribution >= 4 is 16.0 Å². The minimum Gasteiger partial charge on any atom is -0.481 e. The van der Waals surface area contributed by atoms with Crippen molar-refractivity contribution < 1.29 is 31.5 Å². The number of carboxylic acid groups (broad SMARTS) is 1. The fourth-order valence-electron chi connectivity index (χ4n) is 4.14. The molecule has 2 rings (SSSR count). The summed E-state index contributed by atoms with van der Waals surface area (Å²) in [5, 5.41) is 13.4. The summed E-state index contributed by atoms with van der Waals surface area (Å²) in [6.07, 6.45) is 0.261. The fraction of sp³-hybridized carbons (Fsp3) is 0.519. The number of hydrogen-bond acceptors (Lipinski definition) is 4. The van der Waals surface area contributed by atoms with E-state index in [2.05, 4.69) is 5.32 Å². The van der Waals surface area contributed by atoms with Crippen LogP contribution in [-0.2, 0) is 21.0 Å². The van der Waals surface area contributed by atoms with Crippen LogP contribution in [0.5, 0.6) is 0 Å². The van der Waals surface area contributed by atoms with Crippen molar-refractivity contribution in [1.29, 1.82) is 0 Å². The summed E-state index contributed by atoms with van der Waals surface area (Å²) in [5.41, 5.74) is -0.469. The standard InChI is InChI=1S/C27H37F3N2O4S/c1-3-5-10-18-31-25(21-14-16-22(17-15-21)27(28,29)30)24(26(33)34)20-32(19-11-6-4-2)37(35,36)23-12-8-7-9-13-23/h7-9,12-17,24-25,31H,3-6,10-11,18-20H2,1-2H3,(H,33,34). The van der Waals surface area contributed by atoms with Crippen LogP contribution in [0.15, 0.2) is 59.5 Å². The Morgan fingerprint density at radius 3 is 2.08 bits per heavy atom. The van der Waals surface area contributed by atoms with Gasteiger partial charge in [0.1, 0.15) is 0 Å². The van der Waals surface area contributed by atoms with Gasteiger partial charge >= 0.3 is 12.1 Å². The number of rotatable bonds is 16. The number of aliphatic carboxylic acids is 1. The molecule has 0 saturated carbocycles. The zero-order valence-corrected chi connectivity index (χ0v) is 22.2. The van der Waals surface area contributed by atoms with Gasteiger partial charge in [0, 0.05) is 19.1 Å². The maximum absolute atomic E-state index is 13.5. The van der Waals surface area contributed by atoms with Crippen molar-refractivity contribution in [2.75, 3.05) is 19.6 Å². The molecular formula is C27H37F3N2O4S. The number of carboxylic acids is 1. The molecule has 37 heavy (non-hydrogen) atoms. The molecule has 2 aromatic carbocycles. The fourth-order valence-corrected chi connectivity index (χ4v) is 5.66. The van der Waals surface area contributed by atoms with Crippen LogP contribution in [0.3, 0.4) is 0 Å². The number of halogens is 3. The highest BCUT2D eigenvalue weighted by molar-refractivity contribution is 7.89. The van der Waals surface area contributed by atoms with E-state index in [9.17, 15) is 31.5 Å². The van der Waals surface area contributed by atoms with E-state index in [1.165, 1.54) is 28.6 Å². The Morgan fingerprint density at radius 2 is 1.54 bits per heavy atom. The van der Waals surface area contributed by atoms with E-state index in [1.54, 1.807) is 18.2 Å². The number of nitrogens with one attached hydrogen (secondary N) is 1. The highest BCUT2D eigenvalue weighted by Gasteiger charge is 2.36. The second-order valence-electron chi connectivity index (χ2n) is 9.09. The van der Waals surface area contributed by atoms with Crippen molar-refractivity contribution in [1.82, 2.24) is 9.62 Å². The van der Waals surface area contributed by atoms with Crippen molar-refractivity contribution in [3.8, 4) is 0 Å². The quantitative estimate of drug-likeness (QED) is 0.250. The van der Waals surface area contributed by atoms with Crippen LogP contribution in [0.1, 0.15) is 69.5 Å². The summed E-state index contributed by atoms with van der Waals surface area (Å²) in [6.45, 7) is 4.28. The van der Waals surface area contributed by atoms with Gasteiger partial charge in [-0.1, -0.05) is 69.9 Å². The maximum atomic E-state index is 13.5. The zero-order valence-electron chi connectivity index (χ0n) is 21.4. The van der Waals surface area contributed by atoms with Crippen LogP contribution in [-0.4, -0.2) is 43.4 Å². The number of hydrogen-bond donors (Lipinski definition) is 2. The molecule has 0 fully saturated rings. The Morgan fingerprint density at radius 1 is 0.946 bits per heavy atom. The Balaban J connectivity index is 2.45. The van der Waals surface area contributed by atoms with E-state index in [4.69, 9.17) is 0 Å². The predicted octanol–water partition coefficient (Wildman–Crippen LogP) is 6.11. The molecule has 2 unspecified atom stereocenters. The van der Waals surface area contributed by atoms with E-state index >= 15 is 0 Å². The first-order valence-corrected chi connectivity index (χ1v) is 14.1. The van der Waals surface area contributed by atoms with Crippen LogP contribution in [0.4, 0.5) is 13.2 Å². The number of benzene rings is 2. The summed E-state index contributed by atoms with van der Waals surface area (Å²) in [7, 11) is -3.99. The van der Waals surface area contributed by atoms with Gasteiger partial charge in [-0.25, -0.2) is 8.42 Å². The number of unbranched alkanes of at least 4 members (excludes halogenated alkanes) is 4. The van der Waals surface area contributed by atoms with Gasteiger partial charge in [0.05, 0.1) is 16.4 Å². The van der Waals surface area contributed by atoms with Crippen LogP contribution in [0, 0.1) is 5.92 Å². The van der Waals surface area contributed by atoms with Crippen LogP contribution < -0.4 is 5.32 Å². The minimum atomic E-state index is -4.52. The van der Waals surface area contributed by atoms with Crippen molar-refractivity contribution in [2.24, 2.45) is 5.92 Å². The molecule has 0 aliphatic rings. The molecule has 0 heterocycles. The van der Waals surface area contributed by atoms with Crippen molar-refractivity contribution in [3.05, 3.63) is 65.7 Å². The van der Waals surface area contributed by atoms with E-state index in [-0.39, 0.29) is 18.0 Å². The molecule has 0 bridgehead atoms. The second-order valence-corrected chi connectivity index (χ2v) is 11.0. The average molecular weight is 543 g/mol. The Labute approximate surface area is 217 Å². The molecule has 0 aliphatic carbocycles. The molecular weight excluding hydrogens is 505 g/mol. The first kappa shape index (κ1) is 30.8. The van der Waals surface area contributed by atoms with Crippen LogP contribution in [0.25, 0.3) is 0 Å². The van der Waals surface area contributed by atoms with Crippen molar-refractivity contribution in [2.45, 2.75) is 69.5 Å². The molecule has 206 valence electrons. The maximum Gasteiger partial charge on any atom is 0.416 e. The first-order valence-electron chi connectivity index (χ1n) is 12.7. The molecule has 10 heteroatoms. The lowest BCUT2D eigenvalue weighted by molar-refractivity contribution is -0.143. The topological polar surface area (TPSA) is 86.7 Å². The average Bonchev–Trinajstić information content (AvgIpc) is 2.86. The van der Waals surface area contributed by atoms with Crippen LogP contribution >= 0.6 is 0 Å². The van der Waals surface area contributed by atoms with Gasteiger partial charge < -0.3 is 10.4 Å². The first-order chi connectivity index (χ1) is 17.5. The van der Waals surface area contributed by atoms with Gasteiger partial charge in [0.2, 0.25) is 10.0 Å². The normalized spacial score (nSPS) is 14.0. The third-order valence-corrected chi connectivity index (χ3v) is 8.13.